The number of rotatable bonds is 8. The smallest absolute Gasteiger partial charge is 0.220 e. The van der Waals surface area contributed by atoms with Gasteiger partial charge in [0.2, 0.25) is 5.91 Å². The Hall–Kier alpha value is -1.36. The number of aromatic nitrogens is 2. The van der Waals surface area contributed by atoms with Crippen LogP contribution in [0.3, 0.4) is 0 Å². The largest absolute Gasteiger partial charge is 0.355 e. The zero-order chi connectivity index (χ0) is 13.7. The van der Waals surface area contributed by atoms with E-state index in [0.29, 0.717) is 12.5 Å². The van der Waals surface area contributed by atoms with Crippen molar-refractivity contribution in [3.63, 3.8) is 0 Å². The van der Waals surface area contributed by atoms with E-state index in [2.05, 4.69) is 29.3 Å². The molecule has 5 nitrogen and oxygen atoms in total. The highest BCUT2D eigenvalue weighted by Crippen LogP contribution is 2.26. The van der Waals surface area contributed by atoms with Crippen molar-refractivity contribution in [3.8, 4) is 0 Å². The summed E-state index contributed by atoms with van der Waals surface area (Å²) in [5.41, 5.74) is 0. The Labute approximate surface area is 115 Å². The summed E-state index contributed by atoms with van der Waals surface area (Å²) in [6.07, 6.45) is 7.69. The van der Waals surface area contributed by atoms with Gasteiger partial charge in [-0.3, -0.25) is 14.4 Å². The molecule has 2 rings (SSSR count). The summed E-state index contributed by atoms with van der Waals surface area (Å²) in [5.74, 6) is 0.142. The van der Waals surface area contributed by atoms with Gasteiger partial charge in [0.1, 0.15) is 0 Å². The van der Waals surface area contributed by atoms with E-state index in [-0.39, 0.29) is 5.91 Å². The van der Waals surface area contributed by atoms with E-state index in [1.165, 1.54) is 12.8 Å². The SMILES string of the molecule is CC(CNC(=O)CCCn1cccn1)N(C)C1CC1. The van der Waals surface area contributed by atoms with Crippen molar-refractivity contribution in [2.24, 2.45) is 0 Å². The fourth-order valence-electron chi connectivity index (χ4n) is 2.17. The Bertz CT molecular complexity index is 386. The third-order valence-corrected chi connectivity index (χ3v) is 3.76. The maximum Gasteiger partial charge on any atom is 0.220 e. The van der Waals surface area contributed by atoms with Gasteiger partial charge < -0.3 is 5.32 Å². The van der Waals surface area contributed by atoms with E-state index < -0.39 is 0 Å². The normalized spacial score (nSPS) is 16.6. The molecule has 1 amide bonds. The Morgan fingerprint density at radius 3 is 3.00 bits per heavy atom. The fourth-order valence-corrected chi connectivity index (χ4v) is 2.17. The first-order chi connectivity index (χ1) is 9.16. The third-order valence-electron chi connectivity index (χ3n) is 3.76. The van der Waals surface area contributed by atoms with Crippen molar-refractivity contribution in [1.82, 2.24) is 20.0 Å². The third kappa shape index (κ3) is 4.67. The van der Waals surface area contributed by atoms with Crippen LogP contribution in [0.5, 0.6) is 0 Å². The summed E-state index contributed by atoms with van der Waals surface area (Å²) >= 11 is 0. The van der Waals surface area contributed by atoms with Gasteiger partial charge in [-0.15, -0.1) is 0 Å². The zero-order valence-corrected chi connectivity index (χ0v) is 11.9. The number of hydrogen-bond donors (Lipinski definition) is 1. The average Bonchev–Trinajstić information content (AvgIpc) is 3.13. The Morgan fingerprint density at radius 1 is 1.58 bits per heavy atom. The van der Waals surface area contributed by atoms with Gasteiger partial charge in [0.25, 0.3) is 0 Å². The molecule has 1 unspecified atom stereocenters. The van der Waals surface area contributed by atoms with Crippen molar-refractivity contribution in [1.29, 1.82) is 0 Å². The van der Waals surface area contributed by atoms with E-state index >= 15 is 0 Å². The molecule has 0 spiro atoms. The Balaban J connectivity index is 1.56. The predicted octanol–water partition coefficient (Wildman–Crippen LogP) is 1.26. The number of aryl methyl sites for hydroxylation is 1. The van der Waals surface area contributed by atoms with Crippen molar-refractivity contribution in [2.45, 2.75) is 51.2 Å². The highest BCUT2D eigenvalue weighted by atomic mass is 16.1. The zero-order valence-electron chi connectivity index (χ0n) is 11.9. The second-order valence-electron chi connectivity index (χ2n) is 5.42. The lowest BCUT2D eigenvalue weighted by atomic mass is 10.2. The first kappa shape index (κ1) is 14.1. The molecular weight excluding hydrogens is 240 g/mol. The molecule has 0 aromatic carbocycles. The van der Waals surface area contributed by atoms with Crippen molar-refractivity contribution in [2.75, 3.05) is 13.6 Å². The molecule has 1 aliphatic rings. The minimum Gasteiger partial charge on any atom is -0.355 e. The molecule has 0 saturated heterocycles. The number of carbonyl (C=O) groups is 1. The topological polar surface area (TPSA) is 50.2 Å². The highest BCUT2D eigenvalue weighted by Gasteiger charge is 2.28. The molecule has 1 atom stereocenters. The van der Waals surface area contributed by atoms with E-state index in [1.807, 2.05) is 16.9 Å². The van der Waals surface area contributed by atoms with Gasteiger partial charge >= 0.3 is 0 Å². The number of hydrogen-bond acceptors (Lipinski definition) is 3. The van der Waals surface area contributed by atoms with Gasteiger partial charge in [-0.25, -0.2) is 0 Å². The molecule has 5 heteroatoms. The molecular formula is C14H24N4O. The molecule has 1 aliphatic carbocycles. The molecule has 1 saturated carbocycles. The minimum atomic E-state index is 0.142. The molecule has 106 valence electrons. The molecule has 0 bridgehead atoms. The molecule has 1 fully saturated rings. The second kappa shape index (κ2) is 6.70. The molecule has 0 aliphatic heterocycles. The van der Waals surface area contributed by atoms with Crippen LogP contribution in [0, 0.1) is 0 Å². The van der Waals surface area contributed by atoms with Crippen molar-refractivity contribution >= 4 is 5.91 Å². The number of carbonyl (C=O) groups excluding carboxylic acids is 1. The van der Waals surface area contributed by atoms with Gasteiger partial charge in [0, 0.05) is 44.0 Å². The number of likely N-dealkylation sites (N-methyl/N-ethyl adjacent to an activating group) is 1. The summed E-state index contributed by atoms with van der Waals surface area (Å²) in [7, 11) is 2.15. The van der Waals surface area contributed by atoms with Gasteiger partial charge in [-0.05, 0) is 39.3 Å². The average molecular weight is 264 g/mol. The van der Waals surface area contributed by atoms with Crippen LogP contribution in [0.25, 0.3) is 0 Å². The molecule has 1 aromatic rings. The van der Waals surface area contributed by atoms with Crippen LogP contribution in [-0.2, 0) is 11.3 Å². The van der Waals surface area contributed by atoms with Gasteiger partial charge in [-0.2, -0.15) is 5.10 Å². The Morgan fingerprint density at radius 2 is 2.37 bits per heavy atom. The van der Waals surface area contributed by atoms with E-state index in [0.717, 1.165) is 25.6 Å². The molecule has 19 heavy (non-hydrogen) atoms. The maximum absolute atomic E-state index is 11.7. The van der Waals surface area contributed by atoms with Crippen LogP contribution in [0.15, 0.2) is 18.5 Å². The summed E-state index contributed by atoms with van der Waals surface area (Å²) in [6, 6.07) is 3.06. The fraction of sp³-hybridized carbons (Fsp3) is 0.714. The van der Waals surface area contributed by atoms with Gasteiger partial charge in [0.05, 0.1) is 0 Å². The van der Waals surface area contributed by atoms with Crippen molar-refractivity contribution in [3.05, 3.63) is 18.5 Å². The lowest BCUT2D eigenvalue weighted by molar-refractivity contribution is -0.121. The highest BCUT2D eigenvalue weighted by molar-refractivity contribution is 5.75. The number of amides is 1. The first-order valence-electron chi connectivity index (χ1n) is 7.13. The number of nitrogens with zero attached hydrogens (tertiary/aromatic N) is 3. The van der Waals surface area contributed by atoms with Crippen molar-refractivity contribution < 1.29 is 4.79 Å². The van der Waals surface area contributed by atoms with Crippen LogP contribution >= 0.6 is 0 Å². The lowest BCUT2D eigenvalue weighted by Crippen LogP contribution is -2.41. The van der Waals surface area contributed by atoms with Crippen LogP contribution < -0.4 is 5.32 Å². The van der Waals surface area contributed by atoms with Crippen LogP contribution in [0.1, 0.15) is 32.6 Å². The van der Waals surface area contributed by atoms with E-state index in [1.54, 1.807) is 6.20 Å². The van der Waals surface area contributed by atoms with E-state index in [4.69, 9.17) is 0 Å². The Kier molecular flexibility index (Phi) is 4.96. The summed E-state index contributed by atoms with van der Waals surface area (Å²) < 4.78 is 1.86. The maximum atomic E-state index is 11.7. The first-order valence-corrected chi connectivity index (χ1v) is 7.13. The van der Waals surface area contributed by atoms with Crippen LogP contribution in [0.4, 0.5) is 0 Å². The summed E-state index contributed by atoms with van der Waals surface area (Å²) in [5, 5.41) is 7.13. The standard InChI is InChI=1S/C14H24N4O/c1-12(17(2)13-6-7-13)11-15-14(19)5-3-9-18-10-4-8-16-18/h4,8,10,12-13H,3,5-7,9,11H2,1-2H3,(H,15,19). The molecule has 1 heterocycles. The van der Waals surface area contributed by atoms with Gasteiger partial charge in [0.15, 0.2) is 0 Å². The van der Waals surface area contributed by atoms with E-state index in [9.17, 15) is 4.79 Å². The van der Waals surface area contributed by atoms with Crippen LogP contribution in [0.2, 0.25) is 0 Å². The summed E-state index contributed by atoms with van der Waals surface area (Å²) in [4.78, 5) is 14.1. The monoisotopic (exact) mass is 264 g/mol. The second-order valence-corrected chi connectivity index (χ2v) is 5.42. The molecule has 1 N–H and O–H groups in total. The summed E-state index contributed by atoms with van der Waals surface area (Å²) in [6.45, 7) is 3.72. The van der Waals surface area contributed by atoms with Crippen LogP contribution in [-0.4, -0.2) is 46.3 Å². The quantitative estimate of drug-likeness (QED) is 0.769. The molecule has 0 radical (unpaired) electrons. The van der Waals surface area contributed by atoms with Gasteiger partial charge in [-0.1, -0.05) is 0 Å². The number of nitrogens with one attached hydrogen (secondary N) is 1. The lowest BCUT2D eigenvalue weighted by Gasteiger charge is -2.24. The minimum absolute atomic E-state index is 0.142. The predicted molar refractivity (Wildman–Crippen MR) is 74.7 cm³/mol. The molecule has 1 aromatic heterocycles.